The molecule has 2 bridgehead atoms. The van der Waals surface area contributed by atoms with Gasteiger partial charge in [0.15, 0.2) is 5.96 Å². The van der Waals surface area contributed by atoms with Crippen molar-refractivity contribution in [1.82, 2.24) is 25.3 Å². The van der Waals surface area contributed by atoms with E-state index in [1.165, 1.54) is 30.6 Å². The van der Waals surface area contributed by atoms with Crippen LogP contribution in [0.25, 0.3) is 0 Å². The Hall–Kier alpha value is -1.10. The molecular formula is C22H39IN6O2. The second kappa shape index (κ2) is 10.2. The van der Waals surface area contributed by atoms with Gasteiger partial charge >= 0.3 is 6.03 Å². The maximum atomic E-state index is 12.5. The molecule has 0 radical (unpaired) electrons. The van der Waals surface area contributed by atoms with Crippen molar-refractivity contribution in [2.45, 2.75) is 64.0 Å². The van der Waals surface area contributed by atoms with E-state index in [0.717, 1.165) is 50.0 Å². The van der Waals surface area contributed by atoms with E-state index in [9.17, 15) is 9.59 Å². The number of carbonyl (C=O) groups excluding carboxylic acids is 2. The van der Waals surface area contributed by atoms with Crippen molar-refractivity contribution >= 4 is 41.9 Å². The minimum absolute atomic E-state index is 0. The summed E-state index contributed by atoms with van der Waals surface area (Å²) in [5, 5.41) is 6.24. The van der Waals surface area contributed by atoms with Crippen molar-refractivity contribution < 1.29 is 9.59 Å². The van der Waals surface area contributed by atoms with E-state index in [2.05, 4.69) is 25.4 Å². The van der Waals surface area contributed by atoms with E-state index in [-0.39, 0.29) is 35.9 Å². The molecule has 0 aromatic heterocycles. The largest absolute Gasteiger partial charge is 0.356 e. The van der Waals surface area contributed by atoms with Gasteiger partial charge in [-0.25, -0.2) is 4.79 Å². The molecule has 4 atom stereocenters. The number of halogens is 1. The Labute approximate surface area is 203 Å². The average Bonchev–Trinajstić information content (AvgIpc) is 3.44. The number of amides is 3. The summed E-state index contributed by atoms with van der Waals surface area (Å²) in [6.45, 7) is 9.10. The summed E-state index contributed by atoms with van der Waals surface area (Å²) in [5.41, 5.74) is -0.751. The normalized spacial score (nSPS) is 33.6. The summed E-state index contributed by atoms with van der Waals surface area (Å²) in [6, 6.07) is 0.546. The van der Waals surface area contributed by atoms with Crippen LogP contribution < -0.4 is 10.6 Å². The Morgan fingerprint density at radius 1 is 1.19 bits per heavy atom. The molecule has 0 spiro atoms. The fourth-order valence-electron chi connectivity index (χ4n) is 5.88. The third-order valence-corrected chi connectivity index (χ3v) is 7.89. The molecule has 0 aromatic rings. The Morgan fingerprint density at radius 3 is 2.48 bits per heavy atom. The molecule has 4 aliphatic rings. The minimum atomic E-state index is -0.751. The van der Waals surface area contributed by atoms with Crippen LogP contribution in [0, 0.1) is 11.8 Å². The maximum Gasteiger partial charge on any atom is 0.325 e. The van der Waals surface area contributed by atoms with Crippen LogP contribution in [-0.4, -0.2) is 90.5 Å². The van der Waals surface area contributed by atoms with Crippen LogP contribution in [0.2, 0.25) is 0 Å². The molecule has 0 aromatic carbocycles. The smallest absolute Gasteiger partial charge is 0.325 e. The summed E-state index contributed by atoms with van der Waals surface area (Å²) in [5.74, 6) is 2.75. The van der Waals surface area contributed by atoms with E-state index in [1.54, 1.807) is 6.92 Å². The topological polar surface area (TPSA) is 80.3 Å². The van der Waals surface area contributed by atoms with Crippen molar-refractivity contribution in [3.05, 3.63) is 0 Å². The van der Waals surface area contributed by atoms with E-state index < -0.39 is 5.54 Å². The Kier molecular flexibility index (Phi) is 8.10. The number of fused-ring (bicyclic) bond motifs is 2. The summed E-state index contributed by atoms with van der Waals surface area (Å²) >= 11 is 0. The lowest BCUT2D eigenvalue weighted by molar-refractivity contribution is -0.130. The van der Waals surface area contributed by atoms with Crippen LogP contribution in [0.5, 0.6) is 0 Å². The van der Waals surface area contributed by atoms with Gasteiger partial charge in [-0.15, -0.1) is 24.0 Å². The molecule has 2 saturated heterocycles. The molecule has 2 aliphatic carbocycles. The Balaban J connectivity index is 0.00000272. The Bertz CT molecular complexity index is 695. The van der Waals surface area contributed by atoms with Gasteiger partial charge in [-0.2, -0.15) is 0 Å². The fourth-order valence-corrected chi connectivity index (χ4v) is 5.88. The molecule has 4 unspecified atom stereocenters. The molecule has 8 nitrogen and oxygen atoms in total. The van der Waals surface area contributed by atoms with E-state index >= 15 is 0 Å². The molecular weight excluding hydrogens is 507 g/mol. The van der Waals surface area contributed by atoms with Crippen LogP contribution in [0.4, 0.5) is 4.79 Å². The highest BCUT2D eigenvalue weighted by molar-refractivity contribution is 14.0. The zero-order valence-electron chi connectivity index (χ0n) is 19.2. The van der Waals surface area contributed by atoms with Crippen LogP contribution in [-0.2, 0) is 4.79 Å². The second-order valence-electron chi connectivity index (χ2n) is 9.67. The van der Waals surface area contributed by atoms with Crippen molar-refractivity contribution in [2.24, 2.45) is 16.8 Å². The van der Waals surface area contributed by atoms with Gasteiger partial charge in [0.05, 0.1) is 0 Å². The number of piperazine rings is 1. The third kappa shape index (κ3) is 4.96. The van der Waals surface area contributed by atoms with Crippen molar-refractivity contribution in [1.29, 1.82) is 0 Å². The first-order chi connectivity index (χ1) is 14.4. The lowest BCUT2D eigenvalue weighted by atomic mass is 9.93. The molecule has 176 valence electrons. The van der Waals surface area contributed by atoms with Gasteiger partial charge < -0.3 is 15.5 Å². The number of imide groups is 1. The van der Waals surface area contributed by atoms with Crippen molar-refractivity contribution in [3.63, 3.8) is 0 Å². The van der Waals surface area contributed by atoms with Crippen LogP contribution in [0.1, 0.15) is 52.4 Å². The van der Waals surface area contributed by atoms with Crippen LogP contribution in [0.3, 0.4) is 0 Å². The lowest BCUT2D eigenvalue weighted by Crippen LogP contribution is -2.55. The molecule has 2 N–H and O–H groups in total. The number of urea groups is 1. The highest BCUT2D eigenvalue weighted by atomic mass is 127. The summed E-state index contributed by atoms with van der Waals surface area (Å²) in [4.78, 5) is 35.5. The van der Waals surface area contributed by atoms with Gasteiger partial charge in [0, 0.05) is 52.4 Å². The summed E-state index contributed by atoms with van der Waals surface area (Å²) in [7, 11) is 1.83. The van der Waals surface area contributed by atoms with Gasteiger partial charge in [0.25, 0.3) is 5.91 Å². The number of nitrogens with one attached hydrogen (secondary N) is 2. The van der Waals surface area contributed by atoms with Gasteiger partial charge in [-0.3, -0.25) is 19.6 Å². The quantitative estimate of drug-likeness (QED) is 0.176. The second-order valence-corrected chi connectivity index (χ2v) is 9.67. The zero-order valence-corrected chi connectivity index (χ0v) is 21.6. The van der Waals surface area contributed by atoms with Gasteiger partial charge in [0.1, 0.15) is 5.54 Å². The van der Waals surface area contributed by atoms with Gasteiger partial charge in [-0.05, 0) is 50.9 Å². The lowest BCUT2D eigenvalue weighted by Gasteiger charge is -2.42. The van der Waals surface area contributed by atoms with Crippen molar-refractivity contribution in [2.75, 3.05) is 46.3 Å². The number of rotatable bonds is 6. The number of guanidine groups is 1. The van der Waals surface area contributed by atoms with Crippen LogP contribution in [0.15, 0.2) is 4.99 Å². The van der Waals surface area contributed by atoms with Crippen molar-refractivity contribution in [3.8, 4) is 0 Å². The monoisotopic (exact) mass is 546 g/mol. The number of hydrogen-bond acceptors (Lipinski definition) is 4. The first kappa shape index (κ1) is 24.5. The summed E-state index contributed by atoms with van der Waals surface area (Å²) in [6.07, 6.45) is 7.09. The standard InChI is InChI=1S/C22H38N6O2.HI/c1-4-22(2)19(29)28(21(30)25-22)9-5-8-24-20(23-3)27-12-10-26(11-13-27)18-15-16-6-7-17(18)14-16;/h16-18H,4-15H2,1-3H3,(H,23,24)(H,25,30);1H. The molecule has 2 heterocycles. The number of carbonyl (C=O) groups is 2. The predicted molar refractivity (Wildman–Crippen MR) is 133 cm³/mol. The molecule has 2 aliphatic heterocycles. The Morgan fingerprint density at radius 2 is 1.94 bits per heavy atom. The highest BCUT2D eigenvalue weighted by Crippen LogP contribution is 2.46. The molecule has 4 rings (SSSR count). The fraction of sp³-hybridized carbons (Fsp3) is 0.864. The van der Waals surface area contributed by atoms with Gasteiger partial charge in [0.2, 0.25) is 0 Å². The van der Waals surface area contributed by atoms with E-state index in [1.807, 2.05) is 14.0 Å². The van der Waals surface area contributed by atoms with E-state index in [4.69, 9.17) is 0 Å². The van der Waals surface area contributed by atoms with Gasteiger partial charge in [-0.1, -0.05) is 13.3 Å². The van der Waals surface area contributed by atoms with Crippen LogP contribution >= 0.6 is 24.0 Å². The number of nitrogens with zero attached hydrogens (tertiary/aromatic N) is 4. The molecule has 3 amide bonds. The first-order valence-corrected chi connectivity index (χ1v) is 11.8. The average molecular weight is 546 g/mol. The number of aliphatic imine (C=N–C) groups is 1. The van der Waals surface area contributed by atoms with E-state index in [0.29, 0.717) is 25.9 Å². The third-order valence-electron chi connectivity index (χ3n) is 7.89. The minimum Gasteiger partial charge on any atom is -0.356 e. The molecule has 4 fully saturated rings. The SMILES string of the molecule is CCC1(C)NC(=O)N(CCCNC(=NC)N2CCN(C3CC4CCC3C4)CC2)C1=O.I. The molecule has 31 heavy (non-hydrogen) atoms. The maximum absolute atomic E-state index is 12.5. The molecule has 2 saturated carbocycles. The molecule has 9 heteroatoms. The number of hydrogen-bond donors (Lipinski definition) is 2. The first-order valence-electron chi connectivity index (χ1n) is 11.8. The zero-order chi connectivity index (χ0) is 21.3. The highest BCUT2D eigenvalue weighted by Gasteiger charge is 2.46. The predicted octanol–water partition coefficient (Wildman–Crippen LogP) is 2.10. The summed E-state index contributed by atoms with van der Waals surface area (Å²) < 4.78 is 0.